The number of hydrogen-bond acceptors (Lipinski definition) is 4. The van der Waals surface area contributed by atoms with Gasteiger partial charge in [0.15, 0.2) is 0 Å². The zero-order valence-corrected chi connectivity index (χ0v) is 10.9. The molecular formula is C13H21N3O2. The number of benzene rings is 1. The Balaban J connectivity index is 2.50. The van der Waals surface area contributed by atoms with E-state index in [2.05, 4.69) is 10.2 Å². The van der Waals surface area contributed by atoms with E-state index in [-0.39, 0.29) is 5.56 Å². The molecule has 5 heteroatoms. The standard InChI is InChI=1S/C13H21N3O2/c1-16(2)8-4-3-7-15-12-9-10(14)5-6-11(12)13(17)18/h5-6,9,15H,3-4,7-8,14H2,1-2H3,(H,17,18). The van der Waals surface area contributed by atoms with Crippen molar-refractivity contribution in [2.24, 2.45) is 0 Å². The Hall–Kier alpha value is -1.75. The Bertz CT molecular complexity index is 405. The van der Waals surface area contributed by atoms with Crippen LogP contribution in [0.5, 0.6) is 0 Å². The van der Waals surface area contributed by atoms with Crippen molar-refractivity contribution in [1.82, 2.24) is 4.90 Å². The van der Waals surface area contributed by atoms with Crippen molar-refractivity contribution in [3.05, 3.63) is 23.8 Å². The lowest BCUT2D eigenvalue weighted by Gasteiger charge is -2.12. The Kier molecular flexibility index (Phi) is 5.45. The third-order valence-corrected chi connectivity index (χ3v) is 2.62. The molecular weight excluding hydrogens is 230 g/mol. The van der Waals surface area contributed by atoms with E-state index in [1.807, 2.05) is 14.1 Å². The SMILES string of the molecule is CN(C)CCCCNc1cc(N)ccc1C(=O)O. The number of nitrogens with zero attached hydrogens (tertiary/aromatic N) is 1. The van der Waals surface area contributed by atoms with Gasteiger partial charge in [-0.25, -0.2) is 4.79 Å². The van der Waals surface area contributed by atoms with Crippen molar-refractivity contribution in [2.75, 3.05) is 38.2 Å². The number of unbranched alkanes of at least 4 members (excludes halogenated alkanes) is 1. The van der Waals surface area contributed by atoms with E-state index in [9.17, 15) is 4.79 Å². The number of nitrogen functional groups attached to an aromatic ring is 1. The van der Waals surface area contributed by atoms with Crippen molar-refractivity contribution < 1.29 is 9.90 Å². The van der Waals surface area contributed by atoms with Crippen LogP contribution < -0.4 is 11.1 Å². The van der Waals surface area contributed by atoms with Gasteiger partial charge in [-0.15, -0.1) is 0 Å². The molecule has 0 aliphatic carbocycles. The zero-order chi connectivity index (χ0) is 13.5. The van der Waals surface area contributed by atoms with Crippen LogP contribution in [0, 0.1) is 0 Å². The van der Waals surface area contributed by atoms with Gasteiger partial charge in [-0.1, -0.05) is 0 Å². The summed E-state index contributed by atoms with van der Waals surface area (Å²) in [5.74, 6) is -0.939. The molecule has 0 spiro atoms. The molecule has 0 saturated carbocycles. The van der Waals surface area contributed by atoms with Crippen LogP contribution in [0.3, 0.4) is 0 Å². The van der Waals surface area contributed by atoms with E-state index in [1.165, 1.54) is 6.07 Å². The molecule has 0 radical (unpaired) electrons. The summed E-state index contributed by atoms with van der Waals surface area (Å²) in [5.41, 5.74) is 7.07. The van der Waals surface area contributed by atoms with E-state index < -0.39 is 5.97 Å². The lowest BCUT2D eigenvalue weighted by atomic mass is 10.1. The number of hydrogen-bond donors (Lipinski definition) is 3. The molecule has 1 aromatic rings. The fraction of sp³-hybridized carbons (Fsp3) is 0.462. The molecule has 1 rings (SSSR count). The first-order valence-corrected chi connectivity index (χ1v) is 6.02. The Morgan fingerprint density at radius 2 is 2.11 bits per heavy atom. The number of nitrogens with one attached hydrogen (secondary N) is 1. The van der Waals surface area contributed by atoms with E-state index in [0.29, 0.717) is 11.4 Å². The highest BCUT2D eigenvalue weighted by Crippen LogP contribution is 2.19. The van der Waals surface area contributed by atoms with Crippen LogP contribution >= 0.6 is 0 Å². The molecule has 0 amide bonds. The van der Waals surface area contributed by atoms with Gasteiger partial charge in [0.2, 0.25) is 0 Å². The van der Waals surface area contributed by atoms with Gasteiger partial charge in [0, 0.05) is 12.2 Å². The third-order valence-electron chi connectivity index (χ3n) is 2.62. The Labute approximate surface area is 108 Å². The fourth-order valence-electron chi connectivity index (χ4n) is 1.67. The minimum Gasteiger partial charge on any atom is -0.478 e. The van der Waals surface area contributed by atoms with E-state index in [4.69, 9.17) is 10.8 Å². The van der Waals surface area contributed by atoms with Crippen LogP contribution in [0.15, 0.2) is 18.2 Å². The van der Waals surface area contributed by atoms with Crippen LogP contribution in [-0.4, -0.2) is 43.2 Å². The second kappa shape index (κ2) is 6.86. The molecule has 0 fully saturated rings. The van der Waals surface area contributed by atoms with Gasteiger partial charge >= 0.3 is 5.97 Å². The minimum atomic E-state index is -0.939. The van der Waals surface area contributed by atoms with E-state index in [1.54, 1.807) is 12.1 Å². The van der Waals surface area contributed by atoms with E-state index in [0.717, 1.165) is 25.9 Å². The van der Waals surface area contributed by atoms with Crippen LogP contribution in [0.25, 0.3) is 0 Å². The maximum Gasteiger partial charge on any atom is 0.337 e. The summed E-state index contributed by atoms with van der Waals surface area (Å²) in [6, 6.07) is 4.79. The van der Waals surface area contributed by atoms with Crippen LogP contribution in [-0.2, 0) is 0 Å². The van der Waals surface area contributed by atoms with Crippen LogP contribution in [0.1, 0.15) is 23.2 Å². The highest BCUT2D eigenvalue weighted by atomic mass is 16.4. The molecule has 1 aromatic carbocycles. The molecule has 0 aromatic heterocycles. The molecule has 0 atom stereocenters. The molecule has 100 valence electrons. The predicted octanol–water partition coefficient (Wildman–Crippen LogP) is 1.72. The number of carboxylic acids is 1. The summed E-state index contributed by atoms with van der Waals surface area (Å²) in [4.78, 5) is 13.2. The first-order valence-electron chi connectivity index (χ1n) is 6.02. The maximum atomic E-state index is 11.0. The average molecular weight is 251 g/mol. The number of rotatable bonds is 7. The summed E-state index contributed by atoms with van der Waals surface area (Å²) in [5, 5.41) is 12.2. The first-order chi connectivity index (χ1) is 8.50. The number of nitrogens with two attached hydrogens (primary N) is 1. The number of anilines is 2. The van der Waals surface area contributed by atoms with Gasteiger partial charge in [0.05, 0.1) is 11.3 Å². The van der Waals surface area contributed by atoms with Gasteiger partial charge in [0.1, 0.15) is 0 Å². The molecule has 0 saturated heterocycles. The maximum absolute atomic E-state index is 11.0. The molecule has 5 nitrogen and oxygen atoms in total. The predicted molar refractivity (Wildman–Crippen MR) is 74.1 cm³/mol. The van der Waals surface area contributed by atoms with Crippen molar-refractivity contribution >= 4 is 17.3 Å². The fourth-order valence-corrected chi connectivity index (χ4v) is 1.67. The second-order valence-corrected chi connectivity index (χ2v) is 4.55. The molecule has 4 N–H and O–H groups in total. The zero-order valence-electron chi connectivity index (χ0n) is 10.9. The molecule has 0 aliphatic rings. The average Bonchev–Trinajstić information content (AvgIpc) is 2.27. The lowest BCUT2D eigenvalue weighted by molar-refractivity contribution is 0.0698. The highest BCUT2D eigenvalue weighted by molar-refractivity contribution is 5.95. The van der Waals surface area contributed by atoms with Crippen LogP contribution in [0.4, 0.5) is 11.4 Å². The monoisotopic (exact) mass is 251 g/mol. The number of carboxylic acid groups (broad SMARTS) is 1. The normalized spacial score (nSPS) is 10.6. The van der Waals surface area contributed by atoms with Gasteiger partial charge < -0.3 is 21.1 Å². The molecule has 0 unspecified atom stereocenters. The summed E-state index contributed by atoms with van der Waals surface area (Å²) in [6.45, 7) is 1.78. The van der Waals surface area contributed by atoms with Crippen molar-refractivity contribution in [1.29, 1.82) is 0 Å². The Morgan fingerprint density at radius 3 is 2.72 bits per heavy atom. The molecule has 18 heavy (non-hydrogen) atoms. The summed E-state index contributed by atoms with van der Waals surface area (Å²) < 4.78 is 0. The third kappa shape index (κ3) is 4.63. The van der Waals surface area contributed by atoms with E-state index >= 15 is 0 Å². The van der Waals surface area contributed by atoms with Crippen LogP contribution in [0.2, 0.25) is 0 Å². The molecule has 0 aliphatic heterocycles. The topological polar surface area (TPSA) is 78.6 Å². The quantitative estimate of drug-likeness (QED) is 0.508. The van der Waals surface area contributed by atoms with Gasteiger partial charge in [0.25, 0.3) is 0 Å². The van der Waals surface area contributed by atoms with Crippen molar-refractivity contribution in [2.45, 2.75) is 12.8 Å². The van der Waals surface area contributed by atoms with Crippen molar-refractivity contribution in [3.8, 4) is 0 Å². The molecule has 0 bridgehead atoms. The van der Waals surface area contributed by atoms with Gasteiger partial charge in [-0.05, 0) is 51.7 Å². The minimum absolute atomic E-state index is 0.261. The van der Waals surface area contributed by atoms with Gasteiger partial charge in [-0.2, -0.15) is 0 Å². The lowest BCUT2D eigenvalue weighted by Crippen LogP contribution is -2.14. The highest BCUT2D eigenvalue weighted by Gasteiger charge is 2.09. The smallest absolute Gasteiger partial charge is 0.337 e. The van der Waals surface area contributed by atoms with Crippen molar-refractivity contribution in [3.63, 3.8) is 0 Å². The largest absolute Gasteiger partial charge is 0.478 e. The summed E-state index contributed by atoms with van der Waals surface area (Å²) >= 11 is 0. The molecule has 0 heterocycles. The first kappa shape index (κ1) is 14.3. The second-order valence-electron chi connectivity index (χ2n) is 4.55. The summed E-state index contributed by atoms with van der Waals surface area (Å²) in [7, 11) is 4.07. The van der Waals surface area contributed by atoms with Gasteiger partial charge in [-0.3, -0.25) is 0 Å². The Morgan fingerprint density at radius 1 is 1.39 bits per heavy atom. The number of carbonyl (C=O) groups is 1. The summed E-state index contributed by atoms with van der Waals surface area (Å²) in [6.07, 6.45) is 2.07. The number of aromatic carboxylic acids is 1.